The predicted molar refractivity (Wildman–Crippen MR) is 72.5 cm³/mol. The normalized spacial score (nSPS) is 11.2. The van der Waals surface area contributed by atoms with Crippen LogP contribution in [0.3, 0.4) is 0 Å². The molecule has 18 heavy (non-hydrogen) atoms. The van der Waals surface area contributed by atoms with Gasteiger partial charge in [0.15, 0.2) is 0 Å². The monoisotopic (exact) mass is 289 g/mol. The lowest BCUT2D eigenvalue weighted by Crippen LogP contribution is -2.09. The van der Waals surface area contributed by atoms with Gasteiger partial charge in [0.25, 0.3) is 0 Å². The largest absolute Gasteiger partial charge is 0.481 e. The van der Waals surface area contributed by atoms with Gasteiger partial charge in [0.05, 0.1) is 6.26 Å². The molecule has 1 aromatic rings. The summed E-state index contributed by atoms with van der Waals surface area (Å²) in [6, 6.07) is 6.97. The summed E-state index contributed by atoms with van der Waals surface area (Å²) in [5.41, 5.74) is 0.521. The molecule has 0 aliphatic carbocycles. The van der Waals surface area contributed by atoms with Crippen LogP contribution in [0.5, 0.6) is 0 Å². The van der Waals surface area contributed by atoms with Crippen LogP contribution in [-0.4, -0.2) is 31.5 Å². The smallest absolute Gasteiger partial charge is 0.303 e. The molecule has 0 saturated carbocycles. The van der Waals surface area contributed by atoms with Crippen LogP contribution in [0.4, 0.5) is 5.69 Å². The second-order valence-electron chi connectivity index (χ2n) is 3.74. The Hall–Kier alpha value is -1.21. The molecule has 0 heterocycles. The molecule has 1 rings (SSSR count). The molecule has 0 atom stereocenters. The van der Waals surface area contributed by atoms with E-state index < -0.39 is 16.0 Å². The van der Waals surface area contributed by atoms with E-state index in [1.807, 2.05) is 0 Å². The van der Waals surface area contributed by atoms with Gasteiger partial charge in [-0.3, -0.25) is 9.52 Å². The number of thioether (sulfide) groups is 1. The maximum atomic E-state index is 11.0. The summed E-state index contributed by atoms with van der Waals surface area (Å²) < 4.78 is 24.4. The van der Waals surface area contributed by atoms with E-state index in [4.69, 9.17) is 5.11 Å². The van der Waals surface area contributed by atoms with Gasteiger partial charge in [-0.25, -0.2) is 8.42 Å². The lowest BCUT2D eigenvalue weighted by molar-refractivity contribution is -0.137. The van der Waals surface area contributed by atoms with Gasteiger partial charge >= 0.3 is 5.97 Å². The van der Waals surface area contributed by atoms with Crippen LogP contribution >= 0.6 is 11.8 Å². The maximum Gasteiger partial charge on any atom is 0.303 e. The van der Waals surface area contributed by atoms with Crippen LogP contribution in [0.15, 0.2) is 29.2 Å². The van der Waals surface area contributed by atoms with E-state index in [1.54, 1.807) is 36.0 Å². The quantitative estimate of drug-likeness (QED) is 0.592. The van der Waals surface area contributed by atoms with Gasteiger partial charge < -0.3 is 5.11 Å². The number of nitrogens with one attached hydrogen (secondary N) is 1. The van der Waals surface area contributed by atoms with Crippen LogP contribution in [0.1, 0.15) is 12.8 Å². The molecule has 0 unspecified atom stereocenters. The molecular weight excluding hydrogens is 274 g/mol. The number of rotatable bonds is 7. The lowest BCUT2D eigenvalue weighted by atomic mass is 10.3. The zero-order valence-corrected chi connectivity index (χ0v) is 11.6. The van der Waals surface area contributed by atoms with Crippen molar-refractivity contribution in [3.8, 4) is 0 Å². The summed E-state index contributed by atoms with van der Waals surface area (Å²) in [4.78, 5) is 11.3. The molecule has 0 amide bonds. The SMILES string of the molecule is CS(=O)(=O)Nc1ccc(SCCCC(=O)O)cc1. The Balaban J connectivity index is 2.43. The number of carboxylic acids is 1. The van der Waals surface area contributed by atoms with Gasteiger partial charge in [0.1, 0.15) is 0 Å². The highest BCUT2D eigenvalue weighted by Crippen LogP contribution is 2.21. The van der Waals surface area contributed by atoms with Gasteiger partial charge in [0, 0.05) is 17.0 Å². The average Bonchev–Trinajstić information content (AvgIpc) is 2.24. The Morgan fingerprint density at radius 1 is 1.33 bits per heavy atom. The van der Waals surface area contributed by atoms with E-state index in [2.05, 4.69) is 4.72 Å². The van der Waals surface area contributed by atoms with Gasteiger partial charge in [0.2, 0.25) is 10.0 Å². The Morgan fingerprint density at radius 2 is 1.94 bits per heavy atom. The van der Waals surface area contributed by atoms with E-state index in [0.717, 1.165) is 16.9 Å². The minimum atomic E-state index is -3.24. The van der Waals surface area contributed by atoms with Crippen molar-refractivity contribution >= 4 is 33.4 Å². The number of carbonyl (C=O) groups is 1. The molecule has 0 aliphatic heterocycles. The molecule has 2 N–H and O–H groups in total. The number of sulfonamides is 1. The Kier molecular flexibility index (Phi) is 5.49. The number of aliphatic carboxylic acids is 1. The molecule has 0 aromatic heterocycles. The van der Waals surface area contributed by atoms with Crippen molar-refractivity contribution in [3.05, 3.63) is 24.3 Å². The number of hydrogen-bond donors (Lipinski definition) is 2. The van der Waals surface area contributed by atoms with E-state index in [0.29, 0.717) is 12.1 Å². The van der Waals surface area contributed by atoms with Crippen LogP contribution in [0.2, 0.25) is 0 Å². The van der Waals surface area contributed by atoms with Crippen molar-refractivity contribution in [2.24, 2.45) is 0 Å². The molecule has 0 saturated heterocycles. The van der Waals surface area contributed by atoms with Gasteiger partial charge in [-0.05, 0) is 36.4 Å². The first kappa shape index (κ1) is 14.8. The third kappa shape index (κ3) is 6.51. The third-order valence-electron chi connectivity index (χ3n) is 1.96. The van der Waals surface area contributed by atoms with Crippen molar-refractivity contribution in [1.82, 2.24) is 0 Å². The number of benzene rings is 1. The molecule has 7 heteroatoms. The van der Waals surface area contributed by atoms with Gasteiger partial charge in [-0.2, -0.15) is 0 Å². The molecular formula is C11H15NO4S2. The summed E-state index contributed by atoms with van der Waals surface area (Å²) in [5.74, 6) is -0.0613. The van der Waals surface area contributed by atoms with Crippen LogP contribution in [-0.2, 0) is 14.8 Å². The molecule has 5 nitrogen and oxygen atoms in total. The second-order valence-corrected chi connectivity index (χ2v) is 6.66. The summed E-state index contributed by atoms with van der Waals surface area (Å²) in [5, 5.41) is 8.48. The summed E-state index contributed by atoms with van der Waals surface area (Å²) in [6.07, 6.45) is 1.88. The zero-order chi connectivity index (χ0) is 13.6. The van der Waals surface area contributed by atoms with E-state index in [9.17, 15) is 13.2 Å². The third-order valence-corrected chi connectivity index (χ3v) is 3.67. The van der Waals surface area contributed by atoms with Crippen molar-refractivity contribution < 1.29 is 18.3 Å². The summed E-state index contributed by atoms with van der Waals surface area (Å²) >= 11 is 1.55. The number of anilines is 1. The van der Waals surface area contributed by atoms with Crippen molar-refractivity contribution in [2.75, 3.05) is 16.7 Å². The van der Waals surface area contributed by atoms with E-state index >= 15 is 0 Å². The molecule has 0 fully saturated rings. The molecule has 0 radical (unpaired) electrons. The zero-order valence-electron chi connectivity index (χ0n) is 9.92. The first-order valence-electron chi connectivity index (χ1n) is 5.29. The fourth-order valence-corrected chi connectivity index (χ4v) is 2.66. The molecule has 0 aliphatic rings. The first-order valence-corrected chi connectivity index (χ1v) is 8.17. The summed E-state index contributed by atoms with van der Waals surface area (Å²) in [6.45, 7) is 0. The minimum absolute atomic E-state index is 0.167. The van der Waals surface area contributed by atoms with Gasteiger partial charge in [-0.1, -0.05) is 0 Å². The highest BCUT2D eigenvalue weighted by atomic mass is 32.2. The minimum Gasteiger partial charge on any atom is -0.481 e. The topological polar surface area (TPSA) is 83.5 Å². The Morgan fingerprint density at radius 3 is 2.44 bits per heavy atom. The highest BCUT2D eigenvalue weighted by molar-refractivity contribution is 7.99. The molecule has 100 valence electrons. The van der Waals surface area contributed by atoms with Crippen LogP contribution in [0, 0.1) is 0 Å². The van der Waals surface area contributed by atoms with E-state index in [1.165, 1.54) is 0 Å². The predicted octanol–water partition coefficient (Wildman–Crippen LogP) is 2.01. The van der Waals surface area contributed by atoms with Crippen molar-refractivity contribution in [2.45, 2.75) is 17.7 Å². The Labute approximate surface area is 111 Å². The first-order chi connectivity index (χ1) is 8.37. The highest BCUT2D eigenvalue weighted by Gasteiger charge is 2.02. The number of carboxylic acid groups (broad SMARTS) is 1. The maximum absolute atomic E-state index is 11.0. The van der Waals surface area contributed by atoms with Gasteiger partial charge in [-0.15, -0.1) is 11.8 Å². The van der Waals surface area contributed by atoms with Crippen molar-refractivity contribution in [1.29, 1.82) is 0 Å². The van der Waals surface area contributed by atoms with Crippen molar-refractivity contribution in [3.63, 3.8) is 0 Å². The summed E-state index contributed by atoms with van der Waals surface area (Å²) in [7, 11) is -3.24. The molecule has 0 bridgehead atoms. The Bertz CT molecular complexity index is 496. The van der Waals surface area contributed by atoms with E-state index in [-0.39, 0.29) is 6.42 Å². The number of hydrogen-bond acceptors (Lipinski definition) is 4. The van der Waals surface area contributed by atoms with Crippen LogP contribution < -0.4 is 4.72 Å². The average molecular weight is 289 g/mol. The molecule has 0 spiro atoms. The molecule has 1 aromatic carbocycles. The second kappa shape index (κ2) is 6.65. The fourth-order valence-electron chi connectivity index (χ4n) is 1.25. The lowest BCUT2D eigenvalue weighted by Gasteiger charge is -2.05. The standard InChI is InChI=1S/C11H15NO4S2/c1-18(15,16)12-9-4-6-10(7-5-9)17-8-2-3-11(13)14/h4-7,12H,2-3,8H2,1H3,(H,13,14). The fraction of sp³-hybridized carbons (Fsp3) is 0.364. The van der Waals surface area contributed by atoms with Crippen LogP contribution in [0.25, 0.3) is 0 Å².